The Balaban J connectivity index is 1.69. The summed E-state index contributed by atoms with van der Waals surface area (Å²) in [7, 11) is 0. The van der Waals surface area contributed by atoms with E-state index in [4.69, 9.17) is 0 Å². The molecule has 2 aromatic rings. The largest absolute Gasteiger partial charge is 0.271 e. The molecule has 1 saturated heterocycles. The Morgan fingerprint density at radius 3 is 1.92 bits per heavy atom. The van der Waals surface area contributed by atoms with Crippen LogP contribution in [0.4, 0.5) is 20.2 Å². The molecule has 2 heterocycles. The summed E-state index contributed by atoms with van der Waals surface area (Å²) in [6.07, 6.45) is 0. The number of carbonyl (C=O) groups is 2. The Morgan fingerprint density at radius 1 is 0.792 bits per heavy atom. The summed E-state index contributed by atoms with van der Waals surface area (Å²) in [5.74, 6) is -1.92. The molecule has 1 fully saturated rings. The second kappa shape index (κ2) is 5.19. The zero-order valence-corrected chi connectivity index (χ0v) is 12.1. The maximum absolute atomic E-state index is 13.1. The molecule has 0 bridgehead atoms. The molecule has 0 spiro atoms. The summed E-state index contributed by atoms with van der Waals surface area (Å²) in [5, 5.41) is 9.04. The summed E-state index contributed by atoms with van der Waals surface area (Å²) in [6, 6.07) is 8.53. The van der Waals surface area contributed by atoms with E-state index in [-0.39, 0.29) is 5.69 Å². The molecule has 0 aromatic heterocycles. The molecule has 2 aromatic carbocycles. The van der Waals surface area contributed by atoms with E-state index in [2.05, 4.69) is 10.3 Å². The van der Waals surface area contributed by atoms with Crippen molar-refractivity contribution in [1.82, 2.24) is 0 Å². The highest BCUT2D eigenvalue weighted by Crippen LogP contribution is 2.34. The molecule has 4 rings (SSSR count). The van der Waals surface area contributed by atoms with Gasteiger partial charge in [0.15, 0.2) is 12.1 Å². The van der Waals surface area contributed by atoms with Gasteiger partial charge in [0.25, 0.3) is 11.8 Å². The zero-order chi connectivity index (χ0) is 16.8. The van der Waals surface area contributed by atoms with Gasteiger partial charge in [0, 0.05) is 0 Å². The van der Waals surface area contributed by atoms with Gasteiger partial charge in [0.05, 0.1) is 11.4 Å². The summed E-state index contributed by atoms with van der Waals surface area (Å²) >= 11 is 0. The lowest BCUT2D eigenvalue weighted by molar-refractivity contribution is -0.121. The Morgan fingerprint density at radius 2 is 1.33 bits per heavy atom. The van der Waals surface area contributed by atoms with Crippen LogP contribution in [0.5, 0.6) is 0 Å². The quantitative estimate of drug-likeness (QED) is 0.796. The Kier molecular flexibility index (Phi) is 3.12. The molecule has 0 aliphatic carbocycles. The number of rotatable bonds is 2. The fourth-order valence-electron chi connectivity index (χ4n) is 2.81. The third kappa shape index (κ3) is 2.07. The number of benzene rings is 2. The molecule has 8 heteroatoms. The third-order valence-electron chi connectivity index (χ3n) is 3.96. The lowest BCUT2D eigenvalue weighted by Gasteiger charge is -2.20. The number of amides is 2. The number of hydrogen-bond donors (Lipinski definition) is 0. The van der Waals surface area contributed by atoms with Crippen molar-refractivity contribution in [3.05, 3.63) is 60.2 Å². The first kappa shape index (κ1) is 14.4. The van der Waals surface area contributed by atoms with E-state index in [0.29, 0.717) is 5.69 Å². The lowest BCUT2D eigenvalue weighted by atomic mass is 10.1. The van der Waals surface area contributed by atoms with Crippen LogP contribution in [0.15, 0.2) is 58.9 Å². The first-order valence-electron chi connectivity index (χ1n) is 7.15. The maximum atomic E-state index is 13.1. The van der Waals surface area contributed by atoms with Gasteiger partial charge in [-0.05, 0) is 48.5 Å². The van der Waals surface area contributed by atoms with Crippen molar-refractivity contribution >= 4 is 23.2 Å². The number of nitrogens with zero attached hydrogens (tertiary/aromatic N) is 4. The molecule has 2 unspecified atom stereocenters. The topological polar surface area (TPSA) is 65.3 Å². The molecule has 120 valence electrons. The van der Waals surface area contributed by atoms with Gasteiger partial charge < -0.3 is 0 Å². The molecule has 0 N–H and O–H groups in total. The number of imide groups is 1. The average Bonchev–Trinajstić information content (AvgIpc) is 3.11. The van der Waals surface area contributed by atoms with Gasteiger partial charge in [-0.1, -0.05) is 5.22 Å². The van der Waals surface area contributed by atoms with Crippen LogP contribution in [0.2, 0.25) is 0 Å². The van der Waals surface area contributed by atoms with Crippen molar-refractivity contribution in [2.75, 3.05) is 9.91 Å². The highest BCUT2D eigenvalue weighted by molar-refractivity contribution is 6.26. The van der Waals surface area contributed by atoms with Gasteiger partial charge in [-0.25, -0.2) is 18.7 Å². The molecular weight excluding hydrogens is 318 g/mol. The van der Waals surface area contributed by atoms with Crippen molar-refractivity contribution in [2.24, 2.45) is 10.3 Å². The van der Waals surface area contributed by atoms with Crippen LogP contribution < -0.4 is 9.91 Å². The van der Waals surface area contributed by atoms with Crippen LogP contribution >= 0.6 is 0 Å². The van der Waals surface area contributed by atoms with Crippen LogP contribution in [-0.2, 0) is 9.59 Å². The Labute approximate surface area is 135 Å². The molecule has 2 atom stereocenters. The van der Waals surface area contributed by atoms with E-state index in [0.717, 1.165) is 4.90 Å². The predicted octanol–water partition coefficient (Wildman–Crippen LogP) is 2.46. The average molecular weight is 328 g/mol. The fourth-order valence-corrected chi connectivity index (χ4v) is 2.81. The van der Waals surface area contributed by atoms with Gasteiger partial charge in [-0.15, -0.1) is 0 Å². The molecule has 24 heavy (non-hydrogen) atoms. The second-order valence-corrected chi connectivity index (χ2v) is 5.40. The second-order valence-electron chi connectivity index (χ2n) is 5.40. The van der Waals surface area contributed by atoms with Crippen molar-refractivity contribution in [2.45, 2.75) is 12.1 Å². The van der Waals surface area contributed by atoms with E-state index >= 15 is 0 Å². The molecule has 2 aliphatic heterocycles. The normalized spacial score (nSPS) is 22.4. The van der Waals surface area contributed by atoms with Gasteiger partial charge in [0.2, 0.25) is 0 Å². The van der Waals surface area contributed by atoms with E-state index in [1.165, 1.54) is 53.5 Å². The molecule has 0 radical (unpaired) electrons. The molecule has 2 aliphatic rings. The summed E-state index contributed by atoms with van der Waals surface area (Å²) in [5.41, 5.74) is 0.727. The Bertz CT molecular complexity index is 851. The standard InChI is InChI=1S/C16H10F2N4O2/c17-9-1-5-11(6-2-9)21-15(23)13-14(16(21)24)22(20-19-13)12-7-3-10(18)4-8-12/h1-8,13-14H. The predicted molar refractivity (Wildman–Crippen MR) is 80.2 cm³/mol. The molecular formula is C16H10F2N4O2. The molecule has 0 saturated carbocycles. The van der Waals surface area contributed by atoms with Crippen molar-refractivity contribution in [3.8, 4) is 0 Å². The Hall–Kier alpha value is -3.16. The van der Waals surface area contributed by atoms with E-state index in [1.807, 2.05) is 0 Å². The monoisotopic (exact) mass is 328 g/mol. The van der Waals surface area contributed by atoms with Crippen LogP contribution in [0, 0.1) is 11.6 Å². The van der Waals surface area contributed by atoms with Gasteiger partial charge in [0.1, 0.15) is 11.6 Å². The first-order valence-corrected chi connectivity index (χ1v) is 7.15. The van der Waals surface area contributed by atoms with Crippen molar-refractivity contribution in [1.29, 1.82) is 0 Å². The van der Waals surface area contributed by atoms with Crippen LogP contribution in [-0.4, -0.2) is 23.9 Å². The van der Waals surface area contributed by atoms with Gasteiger partial charge in [-0.2, -0.15) is 5.11 Å². The fraction of sp³-hybridized carbons (Fsp3) is 0.125. The van der Waals surface area contributed by atoms with Crippen molar-refractivity contribution < 1.29 is 18.4 Å². The first-order chi connectivity index (χ1) is 11.6. The smallest absolute Gasteiger partial charge is 0.263 e. The van der Waals surface area contributed by atoms with E-state index in [1.54, 1.807) is 0 Å². The molecule has 6 nitrogen and oxygen atoms in total. The van der Waals surface area contributed by atoms with Crippen LogP contribution in [0.25, 0.3) is 0 Å². The highest BCUT2D eigenvalue weighted by Gasteiger charge is 2.55. The zero-order valence-electron chi connectivity index (χ0n) is 12.1. The third-order valence-corrected chi connectivity index (χ3v) is 3.96. The number of anilines is 2. The summed E-state index contributed by atoms with van der Waals surface area (Å²) < 4.78 is 26.1. The van der Waals surface area contributed by atoms with Crippen LogP contribution in [0.3, 0.4) is 0 Å². The van der Waals surface area contributed by atoms with Crippen LogP contribution in [0.1, 0.15) is 0 Å². The van der Waals surface area contributed by atoms with E-state index in [9.17, 15) is 18.4 Å². The minimum Gasteiger partial charge on any atom is -0.271 e. The van der Waals surface area contributed by atoms with Gasteiger partial charge in [-0.3, -0.25) is 9.59 Å². The lowest BCUT2D eigenvalue weighted by Crippen LogP contribution is -2.39. The number of halogens is 2. The van der Waals surface area contributed by atoms with Crippen molar-refractivity contribution in [3.63, 3.8) is 0 Å². The number of fused-ring (bicyclic) bond motifs is 1. The van der Waals surface area contributed by atoms with Gasteiger partial charge >= 0.3 is 0 Å². The highest BCUT2D eigenvalue weighted by atomic mass is 19.1. The molecule has 2 amide bonds. The maximum Gasteiger partial charge on any atom is 0.263 e. The SMILES string of the molecule is O=C1C2N=NN(c3ccc(F)cc3)C2C(=O)N1c1ccc(F)cc1. The minimum absolute atomic E-state index is 0.273. The number of hydrogen-bond acceptors (Lipinski definition) is 5. The number of carbonyl (C=O) groups excluding carboxylic acids is 2. The summed E-state index contributed by atoms with van der Waals surface area (Å²) in [6.45, 7) is 0. The van der Waals surface area contributed by atoms with E-state index < -0.39 is 35.5 Å². The minimum atomic E-state index is -0.965. The summed E-state index contributed by atoms with van der Waals surface area (Å²) in [4.78, 5) is 26.2.